The molecule has 0 saturated carbocycles. The summed E-state index contributed by atoms with van der Waals surface area (Å²) in [5.41, 5.74) is 1.84. The molecule has 1 aromatic heterocycles. The fourth-order valence-corrected chi connectivity index (χ4v) is 4.70. The third-order valence-electron chi connectivity index (χ3n) is 4.18. The standard InChI is InChI=1S/C14H16BrNO3S/c1-7-9(13(17)18-2)5-10-12(16-14(15)20-10)11(7)8-3-4-19-6-8/h5,7-8,11H,3-4,6H2,1-2H3/t7?,8-,11?/m0/s1. The molecule has 1 saturated heterocycles. The molecular formula is C14H16BrNO3S. The monoisotopic (exact) mass is 357 g/mol. The molecule has 0 aromatic carbocycles. The van der Waals surface area contributed by atoms with Crippen molar-refractivity contribution in [1.82, 2.24) is 4.98 Å². The number of aromatic nitrogens is 1. The van der Waals surface area contributed by atoms with Crippen molar-refractivity contribution in [3.63, 3.8) is 0 Å². The summed E-state index contributed by atoms with van der Waals surface area (Å²) in [6.45, 7) is 3.63. The second kappa shape index (κ2) is 5.58. The highest BCUT2D eigenvalue weighted by molar-refractivity contribution is 9.11. The van der Waals surface area contributed by atoms with E-state index in [1.54, 1.807) is 11.3 Å². The van der Waals surface area contributed by atoms with E-state index in [4.69, 9.17) is 9.47 Å². The number of ether oxygens (including phenoxy) is 2. The average molecular weight is 358 g/mol. The maximum Gasteiger partial charge on any atom is 0.334 e. The number of halogens is 1. The van der Waals surface area contributed by atoms with Gasteiger partial charge in [-0.1, -0.05) is 6.92 Å². The van der Waals surface area contributed by atoms with Crippen molar-refractivity contribution in [1.29, 1.82) is 0 Å². The van der Waals surface area contributed by atoms with Gasteiger partial charge in [0.15, 0.2) is 3.92 Å². The van der Waals surface area contributed by atoms with E-state index < -0.39 is 0 Å². The number of hydrogen-bond donors (Lipinski definition) is 0. The summed E-state index contributed by atoms with van der Waals surface area (Å²) in [5, 5.41) is 0. The van der Waals surface area contributed by atoms with E-state index >= 15 is 0 Å². The van der Waals surface area contributed by atoms with Crippen LogP contribution in [0.4, 0.5) is 0 Å². The van der Waals surface area contributed by atoms with Gasteiger partial charge in [0.2, 0.25) is 0 Å². The van der Waals surface area contributed by atoms with Crippen molar-refractivity contribution < 1.29 is 14.3 Å². The molecule has 0 bridgehead atoms. The van der Waals surface area contributed by atoms with Gasteiger partial charge in [0.05, 0.1) is 24.3 Å². The maximum atomic E-state index is 12.0. The quantitative estimate of drug-likeness (QED) is 0.762. The SMILES string of the molecule is COC(=O)C1=Cc2sc(Br)nc2C([C@H]2CCOC2)C1C. The molecule has 3 rings (SSSR count). The first-order chi connectivity index (χ1) is 9.61. The molecular weight excluding hydrogens is 342 g/mol. The van der Waals surface area contributed by atoms with Gasteiger partial charge >= 0.3 is 5.97 Å². The Labute approximate surface area is 130 Å². The van der Waals surface area contributed by atoms with Crippen LogP contribution in [-0.2, 0) is 14.3 Å². The number of esters is 1. The Morgan fingerprint density at radius 1 is 1.60 bits per heavy atom. The van der Waals surface area contributed by atoms with E-state index in [0.29, 0.717) is 5.92 Å². The van der Waals surface area contributed by atoms with Crippen LogP contribution < -0.4 is 0 Å². The van der Waals surface area contributed by atoms with Crippen LogP contribution in [0.2, 0.25) is 0 Å². The number of methoxy groups -OCH3 is 1. The predicted molar refractivity (Wildman–Crippen MR) is 80.6 cm³/mol. The lowest BCUT2D eigenvalue weighted by molar-refractivity contribution is -0.136. The van der Waals surface area contributed by atoms with Gasteiger partial charge in [-0.3, -0.25) is 0 Å². The number of carbonyl (C=O) groups excluding carboxylic acids is 1. The van der Waals surface area contributed by atoms with Crippen LogP contribution in [0.15, 0.2) is 9.49 Å². The van der Waals surface area contributed by atoms with Gasteiger partial charge in [-0.2, -0.15) is 0 Å². The highest BCUT2D eigenvalue weighted by atomic mass is 79.9. The van der Waals surface area contributed by atoms with Crippen LogP contribution in [-0.4, -0.2) is 31.3 Å². The molecule has 0 amide bonds. The highest BCUT2D eigenvalue weighted by Crippen LogP contribution is 2.47. The fourth-order valence-electron chi connectivity index (χ4n) is 3.19. The number of carbonyl (C=O) groups is 1. The second-order valence-corrected chi connectivity index (χ2v) is 7.55. The number of hydrogen-bond acceptors (Lipinski definition) is 5. The Kier molecular flexibility index (Phi) is 3.97. The Bertz CT molecular complexity index is 563. The molecule has 4 nitrogen and oxygen atoms in total. The minimum Gasteiger partial charge on any atom is -0.466 e. The zero-order valence-electron chi connectivity index (χ0n) is 11.4. The topological polar surface area (TPSA) is 48.4 Å². The molecule has 0 spiro atoms. The molecule has 0 N–H and O–H groups in total. The minimum atomic E-state index is -0.239. The van der Waals surface area contributed by atoms with Gasteiger partial charge in [0, 0.05) is 18.1 Å². The number of thiazole rings is 1. The summed E-state index contributed by atoms with van der Waals surface area (Å²) < 4.78 is 11.3. The zero-order chi connectivity index (χ0) is 14.3. The normalized spacial score (nSPS) is 28.9. The molecule has 2 heterocycles. The first kappa shape index (κ1) is 14.2. The Hall–Kier alpha value is -0.720. The Balaban J connectivity index is 2.05. The van der Waals surface area contributed by atoms with Gasteiger partial charge in [0.1, 0.15) is 0 Å². The molecule has 6 heteroatoms. The average Bonchev–Trinajstić information content (AvgIpc) is 3.05. The van der Waals surface area contributed by atoms with E-state index in [0.717, 1.165) is 39.7 Å². The molecule has 1 aliphatic heterocycles. The third kappa shape index (κ3) is 2.34. The molecule has 2 unspecified atom stereocenters. The fraction of sp³-hybridized carbons (Fsp3) is 0.571. The van der Waals surface area contributed by atoms with Crippen molar-refractivity contribution >= 4 is 39.3 Å². The van der Waals surface area contributed by atoms with Crippen LogP contribution in [0.5, 0.6) is 0 Å². The summed E-state index contributed by atoms with van der Waals surface area (Å²) in [6.07, 6.45) is 2.96. The van der Waals surface area contributed by atoms with Crippen molar-refractivity contribution in [2.45, 2.75) is 19.3 Å². The Morgan fingerprint density at radius 3 is 3.05 bits per heavy atom. The molecule has 20 heavy (non-hydrogen) atoms. The second-order valence-electron chi connectivity index (χ2n) is 5.25. The van der Waals surface area contributed by atoms with Gasteiger partial charge in [0.25, 0.3) is 0 Å². The summed E-state index contributed by atoms with van der Waals surface area (Å²) in [7, 11) is 1.43. The Morgan fingerprint density at radius 2 is 2.40 bits per heavy atom. The smallest absolute Gasteiger partial charge is 0.334 e. The van der Waals surface area contributed by atoms with Gasteiger partial charge in [-0.15, -0.1) is 11.3 Å². The lowest BCUT2D eigenvalue weighted by Crippen LogP contribution is -2.28. The van der Waals surface area contributed by atoms with Crippen molar-refractivity contribution in [2.75, 3.05) is 20.3 Å². The summed E-state index contributed by atoms with van der Waals surface area (Å²) in [6, 6.07) is 0. The third-order valence-corrected chi connectivity index (χ3v) is 5.65. The van der Waals surface area contributed by atoms with Crippen LogP contribution in [0, 0.1) is 11.8 Å². The summed E-state index contributed by atoms with van der Waals surface area (Å²) in [4.78, 5) is 17.7. The molecule has 1 fully saturated rings. The first-order valence-corrected chi connectivity index (χ1v) is 8.26. The van der Waals surface area contributed by atoms with Crippen molar-refractivity contribution in [2.24, 2.45) is 11.8 Å². The van der Waals surface area contributed by atoms with E-state index in [2.05, 4.69) is 27.8 Å². The molecule has 2 aliphatic rings. The van der Waals surface area contributed by atoms with Crippen LogP contribution >= 0.6 is 27.3 Å². The van der Waals surface area contributed by atoms with Crippen LogP contribution in [0.25, 0.3) is 6.08 Å². The van der Waals surface area contributed by atoms with Crippen LogP contribution in [0.3, 0.4) is 0 Å². The van der Waals surface area contributed by atoms with Crippen LogP contribution in [0.1, 0.15) is 29.8 Å². The van der Waals surface area contributed by atoms with Gasteiger partial charge in [-0.25, -0.2) is 9.78 Å². The van der Waals surface area contributed by atoms with Gasteiger partial charge in [-0.05, 0) is 40.3 Å². The van der Waals surface area contributed by atoms with E-state index in [1.807, 2.05) is 6.08 Å². The molecule has 108 valence electrons. The summed E-state index contributed by atoms with van der Waals surface area (Å²) >= 11 is 5.02. The maximum absolute atomic E-state index is 12.0. The van der Waals surface area contributed by atoms with Crippen molar-refractivity contribution in [3.05, 3.63) is 20.1 Å². The summed E-state index contributed by atoms with van der Waals surface area (Å²) in [5.74, 6) is 0.521. The molecule has 0 radical (unpaired) electrons. The minimum absolute atomic E-state index is 0.107. The van der Waals surface area contributed by atoms with E-state index in [-0.39, 0.29) is 17.8 Å². The predicted octanol–water partition coefficient (Wildman–Crippen LogP) is 3.23. The largest absolute Gasteiger partial charge is 0.466 e. The van der Waals surface area contributed by atoms with E-state index in [1.165, 1.54) is 7.11 Å². The molecule has 1 aromatic rings. The number of nitrogens with zero attached hydrogens (tertiary/aromatic N) is 1. The number of fused-ring (bicyclic) bond motifs is 1. The highest BCUT2D eigenvalue weighted by Gasteiger charge is 2.40. The van der Waals surface area contributed by atoms with Crippen molar-refractivity contribution in [3.8, 4) is 0 Å². The number of rotatable bonds is 2. The van der Waals surface area contributed by atoms with Gasteiger partial charge < -0.3 is 9.47 Å². The lowest BCUT2D eigenvalue weighted by atomic mass is 9.73. The molecule has 1 aliphatic carbocycles. The first-order valence-electron chi connectivity index (χ1n) is 6.65. The zero-order valence-corrected chi connectivity index (χ0v) is 13.8. The molecule has 3 atom stereocenters. The van der Waals surface area contributed by atoms with E-state index in [9.17, 15) is 4.79 Å². The lowest BCUT2D eigenvalue weighted by Gasteiger charge is -2.31.